The van der Waals surface area contributed by atoms with Gasteiger partial charge in [-0.15, -0.1) is 0 Å². The summed E-state index contributed by atoms with van der Waals surface area (Å²) >= 11 is 0. The molecular formula is C15H25NO4S. The highest BCUT2D eigenvalue weighted by molar-refractivity contribution is 7.91. The molecule has 0 radical (unpaired) electrons. The van der Waals surface area contributed by atoms with Crippen LogP contribution in [0.4, 0.5) is 0 Å². The Morgan fingerprint density at radius 2 is 1.95 bits per heavy atom. The Morgan fingerprint density at radius 3 is 2.52 bits per heavy atom. The zero-order valence-corrected chi connectivity index (χ0v) is 14.0. The average Bonchev–Trinajstić information content (AvgIpc) is 2.42. The molecular weight excluding hydrogens is 290 g/mol. The van der Waals surface area contributed by atoms with Crippen molar-refractivity contribution in [2.24, 2.45) is 0 Å². The maximum Gasteiger partial charge on any atom is 0.165 e. The Labute approximate surface area is 127 Å². The highest BCUT2D eigenvalue weighted by Gasteiger charge is 2.17. The maximum atomic E-state index is 11.8. The Hall–Kier alpha value is -1.27. The van der Waals surface area contributed by atoms with E-state index in [1.165, 1.54) is 0 Å². The van der Waals surface area contributed by atoms with E-state index in [1.807, 2.05) is 32.2 Å². The lowest BCUT2D eigenvalue weighted by Crippen LogP contribution is -2.22. The van der Waals surface area contributed by atoms with Crippen LogP contribution in [0.3, 0.4) is 0 Å². The van der Waals surface area contributed by atoms with Crippen LogP contribution in [-0.4, -0.2) is 39.7 Å². The van der Waals surface area contributed by atoms with Crippen LogP contribution >= 0.6 is 0 Å². The first-order valence-electron chi connectivity index (χ1n) is 7.16. The molecule has 5 nitrogen and oxygen atoms in total. The van der Waals surface area contributed by atoms with Crippen molar-refractivity contribution < 1.29 is 17.9 Å². The summed E-state index contributed by atoms with van der Waals surface area (Å²) in [5.41, 5.74) is 0.949. The fourth-order valence-electron chi connectivity index (χ4n) is 1.82. The van der Waals surface area contributed by atoms with Gasteiger partial charge in [0.25, 0.3) is 0 Å². The smallest absolute Gasteiger partial charge is 0.165 e. The summed E-state index contributed by atoms with van der Waals surface area (Å²) in [6.07, 6.45) is 0. The lowest BCUT2D eigenvalue weighted by molar-refractivity contribution is 0.285. The molecule has 0 fully saturated rings. The van der Waals surface area contributed by atoms with Gasteiger partial charge < -0.3 is 14.8 Å². The number of hydrogen-bond acceptors (Lipinski definition) is 5. The van der Waals surface area contributed by atoms with Gasteiger partial charge in [-0.05, 0) is 33.9 Å². The van der Waals surface area contributed by atoms with Gasteiger partial charge in [-0.1, -0.05) is 12.1 Å². The Bertz CT molecular complexity index is 516. The second kappa shape index (κ2) is 8.24. The number of nitrogens with one attached hydrogen (secondary N) is 1. The molecule has 0 atom stereocenters. The highest BCUT2D eigenvalue weighted by Crippen LogP contribution is 2.31. The van der Waals surface area contributed by atoms with Crippen molar-refractivity contribution in [3.05, 3.63) is 23.8 Å². The molecule has 0 saturated heterocycles. The van der Waals surface area contributed by atoms with Crippen molar-refractivity contribution >= 4 is 9.84 Å². The van der Waals surface area contributed by atoms with Crippen molar-refractivity contribution in [1.82, 2.24) is 5.32 Å². The van der Waals surface area contributed by atoms with Crippen LogP contribution in [0.25, 0.3) is 0 Å². The summed E-state index contributed by atoms with van der Waals surface area (Å²) in [6.45, 7) is 6.54. The van der Waals surface area contributed by atoms with Crippen LogP contribution in [0.2, 0.25) is 0 Å². The van der Waals surface area contributed by atoms with Gasteiger partial charge >= 0.3 is 0 Å². The second-order valence-corrected chi connectivity index (χ2v) is 7.65. The van der Waals surface area contributed by atoms with Gasteiger partial charge in [-0.2, -0.15) is 0 Å². The molecule has 1 N–H and O–H groups in total. The molecule has 21 heavy (non-hydrogen) atoms. The first-order valence-corrected chi connectivity index (χ1v) is 8.87. The van der Waals surface area contributed by atoms with Crippen LogP contribution in [0.15, 0.2) is 18.2 Å². The molecule has 0 amide bonds. The molecule has 0 unspecified atom stereocenters. The first-order chi connectivity index (χ1) is 9.92. The van der Waals surface area contributed by atoms with Crippen LogP contribution in [-0.2, 0) is 16.4 Å². The first kappa shape index (κ1) is 17.8. The van der Waals surface area contributed by atoms with Crippen molar-refractivity contribution in [2.45, 2.75) is 32.6 Å². The minimum atomic E-state index is -3.10. The highest BCUT2D eigenvalue weighted by atomic mass is 32.2. The van der Waals surface area contributed by atoms with Gasteiger partial charge in [0.05, 0.1) is 17.6 Å². The topological polar surface area (TPSA) is 64.6 Å². The third kappa shape index (κ3) is 5.21. The van der Waals surface area contributed by atoms with Gasteiger partial charge in [-0.3, -0.25) is 0 Å². The van der Waals surface area contributed by atoms with Gasteiger partial charge in [0.2, 0.25) is 0 Å². The summed E-state index contributed by atoms with van der Waals surface area (Å²) in [4.78, 5) is 0. The standard InChI is InChI=1S/C15H25NO4S/c1-5-19-14-8-6-7-13(11-16-4)15(14)20-9-10-21(17,18)12(2)3/h6-8,12,16H,5,9-11H2,1-4H3. The summed E-state index contributed by atoms with van der Waals surface area (Å²) in [6, 6.07) is 5.66. The Morgan fingerprint density at radius 1 is 1.24 bits per heavy atom. The minimum Gasteiger partial charge on any atom is -0.490 e. The molecule has 6 heteroatoms. The monoisotopic (exact) mass is 315 g/mol. The summed E-state index contributed by atoms with van der Waals surface area (Å²) in [5.74, 6) is 1.27. The van der Waals surface area contributed by atoms with E-state index in [0.717, 1.165) is 5.56 Å². The van der Waals surface area contributed by atoms with Gasteiger partial charge in [0, 0.05) is 12.1 Å². The molecule has 0 aromatic heterocycles. The fourth-order valence-corrected chi connectivity index (χ4v) is 2.61. The number of para-hydroxylation sites is 1. The predicted molar refractivity (Wildman–Crippen MR) is 84.8 cm³/mol. The minimum absolute atomic E-state index is 0.00409. The van der Waals surface area contributed by atoms with Crippen LogP contribution in [0.5, 0.6) is 11.5 Å². The Balaban J connectivity index is 2.85. The van der Waals surface area contributed by atoms with E-state index in [2.05, 4.69) is 5.32 Å². The van der Waals surface area contributed by atoms with Crippen molar-refractivity contribution in [1.29, 1.82) is 0 Å². The van der Waals surface area contributed by atoms with Gasteiger partial charge in [-0.25, -0.2) is 8.42 Å². The number of rotatable bonds is 9. The molecule has 0 spiro atoms. The third-order valence-corrected chi connectivity index (χ3v) is 5.23. The van der Waals surface area contributed by atoms with Gasteiger partial charge in [0.15, 0.2) is 21.3 Å². The molecule has 1 aromatic rings. The molecule has 0 aliphatic carbocycles. The van der Waals surface area contributed by atoms with Crippen molar-refractivity contribution in [3.63, 3.8) is 0 Å². The quantitative estimate of drug-likeness (QED) is 0.755. The van der Waals surface area contributed by atoms with E-state index in [4.69, 9.17) is 9.47 Å². The summed E-state index contributed by atoms with van der Waals surface area (Å²) < 4.78 is 34.9. The molecule has 120 valence electrons. The van der Waals surface area contributed by atoms with E-state index < -0.39 is 9.84 Å². The fraction of sp³-hybridized carbons (Fsp3) is 0.600. The lowest BCUT2D eigenvalue weighted by Gasteiger charge is -2.16. The molecule has 1 rings (SSSR count). The number of benzene rings is 1. The van der Waals surface area contributed by atoms with E-state index in [-0.39, 0.29) is 17.6 Å². The molecule has 1 aromatic carbocycles. The number of hydrogen-bond donors (Lipinski definition) is 1. The average molecular weight is 315 g/mol. The van der Waals surface area contributed by atoms with E-state index in [9.17, 15) is 8.42 Å². The SMILES string of the molecule is CCOc1cccc(CNC)c1OCCS(=O)(=O)C(C)C. The van der Waals surface area contributed by atoms with E-state index in [0.29, 0.717) is 24.7 Å². The third-order valence-electron chi connectivity index (χ3n) is 3.06. The molecule has 0 aliphatic heterocycles. The number of sulfone groups is 1. The summed E-state index contributed by atoms with van der Waals surface area (Å²) in [5, 5.41) is 2.68. The van der Waals surface area contributed by atoms with Crippen molar-refractivity contribution in [3.8, 4) is 11.5 Å². The summed E-state index contributed by atoms with van der Waals surface area (Å²) in [7, 11) is -1.25. The van der Waals surface area contributed by atoms with Crippen LogP contribution in [0, 0.1) is 0 Å². The van der Waals surface area contributed by atoms with E-state index in [1.54, 1.807) is 13.8 Å². The second-order valence-electron chi connectivity index (χ2n) is 4.97. The van der Waals surface area contributed by atoms with Crippen molar-refractivity contribution in [2.75, 3.05) is 26.0 Å². The molecule has 0 saturated carbocycles. The molecule has 0 heterocycles. The maximum absolute atomic E-state index is 11.8. The zero-order chi connectivity index (χ0) is 15.9. The molecule has 0 aliphatic rings. The zero-order valence-electron chi connectivity index (χ0n) is 13.2. The predicted octanol–water partition coefficient (Wildman–Crippen LogP) is 2.01. The normalized spacial score (nSPS) is 11.7. The number of ether oxygens (including phenoxy) is 2. The lowest BCUT2D eigenvalue weighted by atomic mass is 10.2. The molecule has 0 bridgehead atoms. The Kier molecular flexibility index (Phi) is 6.98. The van der Waals surface area contributed by atoms with E-state index >= 15 is 0 Å². The van der Waals surface area contributed by atoms with Gasteiger partial charge in [0.1, 0.15) is 6.61 Å². The largest absolute Gasteiger partial charge is 0.490 e. The van der Waals surface area contributed by atoms with Crippen LogP contribution in [0.1, 0.15) is 26.3 Å². The van der Waals surface area contributed by atoms with Crippen LogP contribution < -0.4 is 14.8 Å².